The number of hydrogen-bond acceptors (Lipinski definition) is 4. The number of aromatic nitrogens is 1. The summed E-state index contributed by atoms with van der Waals surface area (Å²) in [6.07, 6.45) is 2.05. The maximum absolute atomic E-state index is 13.0. The number of quaternary nitrogens is 1. The molecule has 3 rings (SSSR count). The molecule has 1 aliphatic heterocycles. The standard InChI is InChI=1S/C19H27N3O4/c1-21-8-6-12(7-9-21)22(2)19(23)15-10-13-14(20-15)11-16(24-3)18(26-5)17(13)25-4/h10-12,20H,6-9H2,1-5H3/p+1. The average Bonchev–Trinajstić information content (AvgIpc) is 3.09. The van der Waals surface area contributed by atoms with Crippen LogP contribution in [0.3, 0.4) is 0 Å². The fraction of sp³-hybridized carbons (Fsp3) is 0.526. The van der Waals surface area contributed by atoms with Crippen LogP contribution in [-0.2, 0) is 0 Å². The van der Waals surface area contributed by atoms with E-state index >= 15 is 0 Å². The van der Waals surface area contributed by atoms with Gasteiger partial charge < -0.3 is 29.0 Å². The van der Waals surface area contributed by atoms with Gasteiger partial charge >= 0.3 is 0 Å². The number of nitrogens with zero attached hydrogens (tertiary/aromatic N) is 1. The summed E-state index contributed by atoms with van der Waals surface area (Å²) in [7, 11) is 8.81. The second-order valence-electron chi connectivity index (χ2n) is 6.89. The zero-order valence-corrected chi connectivity index (χ0v) is 16.1. The van der Waals surface area contributed by atoms with Gasteiger partial charge in [0, 0.05) is 37.4 Å². The van der Waals surface area contributed by atoms with Crippen molar-refractivity contribution in [3.63, 3.8) is 0 Å². The van der Waals surface area contributed by atoms with Crippen molar-refractivity contribution in [1.82, 2.24) is 9.88 Å². The molecular formula is C19H28N3O4+. The molecule has 0 bridgehead atoms. The van der Waals surface area contributed by atoms with E-state index in [1.54, 1.807) is 21.3 Å². The number of H-pyrrole nitrogens is 1. The van der Waals surface area contributed by atoms with Gasteiger partial charge in [-0.25, -0.2) is 0 Å². The van der Waals surface area contributed by atoms with Crippen molar-refractivity contribution < 1.29 is 23.9 Å². The molecule has 0 spiro atoms. The van der Waals surface area contributed by atoms with E-state index in [0.717, 1.165) is 36.8 Å². The predicted molar refractivity (Wildman–Crippen MR) is 99.7 cm³/mol. The number of benzene rings is 1. The first-order valence-electron chi connectivity index (χ1n) is 8.90. The molecule has 1 saturated heterocycles. The van der Waals surface area contributed by atoms with E-state index in [2.05, 4.69) is 12.0 Å². The Hall–Kier alpha value is -2.41. The summed E-state index contributed by atoms with van der Waals surface area (Å²) in [4.78, 5) is 19.6. The number of carbonyl (C=O) groups is 1. The summed E-state index contributed by atoms with van der Waals surface area (Å²) in [5, 5.41) is 0.801. The minimum atomic E-state index is -0.00857. The first-order chi connectivity index (χ1) is 12.5. The molecule has 2 aromatic rings. The molecule has 142 valence electrons. The molecule has 0 saturated carbocycles. The Kier molecular flexibility index (Phi) is 5.27. The first kappa shape index (κ1) is 18.4. The first-order valence-corrected chi connectivity index (χ1v) is 8.90. The van der Waals surface area contributed by atoms with Gasteiger partial charge in [-0.15, -0.1) is 0 Å². The highest BCUT2D eigenvalue weighted by Crippen LogP contribution is 2.43. The van der Waals surface area contributed by atoms with Gasteiger partial charge in [0.05, 0.1) is 47.0 Å². The zero-order chi connectivity index (χ0) is 18.8. The summed E-state index contributed by atoms with van der Waals surface area (Å²) < 4.78 is 16.3. The third-order valence-electron chi connectivity index (χ3n) is 5.33. The van der Waals surface area contributed by atoms with E-state index in [1.807, 2.05) is 24.1 Å². The molecule has 1 aliphatic rings. The van der Waals surface area contributed by atoms with Gasteiger partial charge in [0.1, 0.15) is 5.69 Å². The van der Waals surface area contributed by atoms with E-state index in [1.165, 1.54) is 4.90 Å². The number of rotatable bonds is 5. The van der Waals surface area contributed by atoms with E-state index < -0.39 is 0 Å². The van der Waals surface area contributed by atoms with Crippen molar-refractivity contribution in [1.29, 1.82) is 0 Å². The average molecular weight is 362 g/mol. The van der Waals surface area contributed by atoms with Gasteiger partial charge in [0.2, 0.25) is 5.75 Å². The number of likely N-dealkylation sites (tertiary alicyclic amines) is 1. The summed E-state index contributed by atoms with van der Waals surface area (Å²) in [6, 6.07) is 3.94. The summed E-state index contributed by atoms with van der Waals surface area (Å²) in [5.41, 5.74) is 1.33. The number of fused-ring (bicyclic) bond motifs is 1. The molecule has 2 N–H and O–H groups in total. The highest BCUT2D eigenvalue weighted by Gasteiger charge is 2.28. The van der Waals surface area contributed by atoms with Crippen molar-refractivity contribution >= 4 is 16.8 Å². The fourth-order valence-electron chi connectivity index (χ4n) is 3.70. The molecular weight excluding hydrogens is 334 g/mol. The van der Waals surface area contributed by atoms with Crippen LogP contribution >= 0.6 is 0 Å². The number of nitrogens with one attached hydrogen (secondary N) is 2. The molecule has 26 heavy (non-hydrogen) atoms. The molecule has 0 unspecified atom stereocenters. The van der Waals surface area contributed by atoms with Crippen LogP contribution in [0.1, 0.15) is 23.3 Å². The van der Waals surface area contributed by atoms with Gasteiger partial charge in [-0.3, -0.25) is 4.79 Å². The number of aromatic amines is 1. The lowest BCUT2D eigenvalue weighted by molar-refractivity contribution is -0.885. The Balaban J connectivity index is 1.94. The van der Waals surface area contributed by atoms with Crippen molar-refractivity contribution in [2.45, 2.75) is 18.9 Å². The third kappa shape index (κ3) is 3.19. The maximum Gasteiger partial charge on any atom is 0.270 e. The summed E-state index contributed by atoms with van der Waals surface area (Å²) >= 11 is 0. The Morgan fingerprint density at radius 1 is 1.12 bits per heavy atom. The topological polar surface area (TPSA) is 68.2 Å². The van der Waals surface area contributed by atoms with E-state index in [0.29, 0.717) is 22.9 Å². The molecule has 0 radical (unpaired) electrons. The minimum Gasteiger partial charge on any atom is -0.493 e. The second-order valence-corrected chi connectivity index (χ2v) is 6.89. The predicted octanol–water partition coefficient (Wildman–Crippen LogP) is 0.943. The summed E-state index contributed by atoms with van der Waals surface area (Å²) in [5.74, 6) is 1.63. The Morgan fingerprint density at radius 3 is 2.35 bits per heavy atom. The van der Waals surface area contributed by atoms with Crippen LogP contribution in [0.15, 0.2) is 12.1 Å². The number of methoxy groups -OCH3 is 3. The number of hydrogen-bond donors (Lipinski definition) is 2. The molecule has 7 heteroatoms. The molecule has 1 aromatic carbocycles. The third-order valence-corrected chi connectivity index (χ3v) is 5.33. The van der Waals surface area contributed by atoms with E-state index in [9.17, 15) is 4.79 Å². The largest absolute Gasteiger partial charge is 0.493 e. The van der Waals surface area contributed by atoms with Crippen LogP contribution in [0.4, 0.5) is 0 Å². The lowest BCUT2D eigenvalue weighted by Crippen LogP contribution is -3.10. The Morgan fingerprint density at radius 2 is 1.77 bits per heavy atom. The minimum absolute atomic E-state index is 0.00857. The van der Waals surface area contributed by atoms with E-state index in [4.69, 9.17) is 14.2 Å². The maximum atomic E-state index is 13.0. The van der Waals surface area contributed by atoms with Crippen LogP contribution < -0.4 is 19.1 Å². The highest BCUT2D eigenvalue weighted by atomic mass is 16.5. The molecule has 1 amide bonds. The quantitative estimate of drug-likeness (QED) is 0.831. The lowest BCUT2D eigenvalue weighted by atomic mass is 10.0. The molecule has 0 aliphatic carbocycles. The fourth-order valence-corrected chi connectivity index (χ4v) is 3.70. The lowest BCUT2D eigenvalue weighted by Gasteiger charge is -2.33. The smallest absolute Gasteiger partial charge is 0.270 e. The molecule has 7 nitrogen and oxygen atoms in total. The number of ether oxygens (including phenoxy) is 3. The van der Waals surface area contributed by atoms with Crippen LogP contribution in [0.25, 0.3) is 10.9 Å². The Labute approximate surface area is 153 Å². The van der Waals surface area contributed by atoms with Crippen molar-refractivity contribution in [3.05, 3.63) is 17.8 Å². The SMILES string of the molecule is COc1cc2[nH]c(C(=O)N(C)C3CC[NH+](C)CC3)cc2c(OC)c1OC. The van der Waals surface area contributed by atoms with Crippen molar-refractivity contribution in [3.8, 4) is 17.2 Å². The molecule has 0 atom stereocenters. The normalized spacial score (nSPS) is 20.0. The number of carbonyl (C=O) groups excluding carboxylic acids is 1. The van der Waals surface area contributed by atoms with Crippen LogP contribution in [0.5, 0.6) is 17.2 Å². The van der Waals surface area contributed by atoms with Crippen LogP contribution in [-0.4, -0.2) is 70.3 Å². The molecule has 2 heterocycles. The second kappa shape index (κ2) is 7.45. The van der Waals surface area contributed by atoms with Gasteiger partial charge in [-0.05, 0) is 6.07 Å². The van der Waals surface area contributed by atoms with Gasteiger partial charge in [0.25, 0.3) is 5.91 Å². The molecule has 1 aromatic heterocycles. The zero-order valence-electron chi connectivity index (χ0n) is 16.1. The van der Waals surface area contributed by atoms with Gasteiger partial charge in [0.15, 0.2) is 11.5 Å². The van der Waals surface area contributed by atoms with E-state index in [-0.39, 0.29) is 11.9 Å². The van der Waals surface area contributed by atoms with Crippen LogP contribution in [0.2, 0.25) is 0 Å². The summed E-state index contributed by atoms with van der Waals surface area (Å²) in [6.45, 7) is 2.19. The van der Waals surface area contributed by atoms with Gasteiger partial charge in [-0.2, -0.15) is 0 Å². The van der Waals surface area contributed by atoms with Gasteiger partial charge in [-0.1, -0.05) is 0 Å². The number of piperidine rings is 1. The Bertz CT molecular complexity index is 794. The number of amides is 1. The molecule has 1 fully saturated rings. The van der Waals surface area contributed by atoms with Crippen molar-refractivity contribution in [2.24, 2.45) is 0 Å². The van der Waals surface area contributed by atoms with Crippen molar-refractivity contribution in [2.75, 3.05) is 48.5 Å². The van der Waals surface area contributed by atoms with Crippen LogP contribution in [0, 0.1) is 0 Å². The monoisotopic (exact) mass is 362 g/mol. The highest BCUT2D eigenvalue weighted by molar-refractivity contribution is 6.01.